The van der Waals surface area contributed by atoms with E-state index in [1.165, 1.54) is 12.8 Å². The third-order valence-electron chi connectivity index (χ3n) is 5.38. The number of carbonyl (C=O) groups is 1. The second kappa shape index (κ2) is 4.08. The molecule has 5 nitrogen and oxygen atoms in total. The number of ether oxygens (including phenoxy) is 1. The zero-order chi connectivity index (χ0) is 14.1. The zero-order valence-corrected chi connectivity index (χ0v) is 12.7. The van der Waals surface area contributed by atoms with E-state index in [4.69, 9.17) is 4.74 Å². The number of likely N-dealkylation sites (tertiary alicyclic amines) is 1. The topological polar surface area (TPSA) is 46.8 Å². The van der Waals surface area contributed by atoms with Crippen molar-refractivity contribution in [3.8, 4) is 0 Å². The summed E-state index contributed by atoms with van der Waals surface area (Å²) in [6.07, 6.45) is 5.08. The Morgan fingerprint density at radius 3 is 2.76 bits per heavy atom. The van der Waals surface area contributed by atoms with Crippen LogP contribution in [0.25, 0.3) is 4.96 Å². The molecule has 3 fully saturated rings. The largest absolute Gasteiger partial charge is 0.374 e. The Labute approximate surface area is 126 Å². The summed E-state index contributed by atoms with van der Waals surface area (Å²) in [5, 5.41) is 1.98. The number of hydrogen-bond acceptors (Lipinski definition) is 4. The maximum absolute atomic E-state index is 12.9. The van der Waals surface area contributed by atoms with Crippen LogP contribution in [0.4, 0.5) is 0 Å². The van der Waals surface area contributed by atoms with Gasteiger partial charge in [-0.2, -0.15) is 0 Å². The van der Waals surface area contributed by atoms with E-state index in [0.717, 1.165) is 29.4 Å². The van der Waals surface area contributed by atoms with Crippen LogP contribution in [0.5, 0.6) is 0 Å². The first-order valence-corrected chi connectivity index (χ1v) is 8.47. The van der Waals surface area contributed by atoms with Crippen LogP contribution in [0.2, 0.25) is 0 Å². The SMILES string of the molecule is Cc1nc2sccn2c1C(=O)N1C[C@@H]2[C@H](C1)[C@H]1CC[C@@H]2O1. The molecule has 5 heterocycles. The van der Waals surface area contributed by atoms with Gasteiger partial charge in [0.2, 0.25) is 0 Å². The van der Waals surface area contributed by atoms with Crippen molar-refractivity contribution >= 4 is 22.2 Å². The fraction of sp³-hybridized carbons (Fsp3) is 0.600. The maximum atomic E-state index is 12.9. The molecular weight excluding hydrogens is 286 g/mol. The minimum atomic E-state index is 0.132. The lowest BCUT2D eigenvalue weighted by Gasteiger charge is -2.18. The van der Waals surface area contributed by atoms with Gasteiger partial charge in [-0.05, 0) is 19.8 Å². The highest BCUT2D eigenvalue weighted by molar-refractivity contribution is 7.15. The Morgan fingerprint density at radius 2 is 2.05 bits per heavy atom. The molecule has 0 saturated carbocycles. The lowest BCUT2D eigenvalue weighted by molar-refractivity contribution is 0.0590. The molecule has 6 heteroatoms. The van der Waals surface area contributed by atoms with Gasteiger partial charge in [-0.3, -0.25) is 9.20 Å². The molecule has 2 aromatic heterocycles. The molecule has 1 amide bonds. The van der Waals surface area contributed by atoms with Crippen molar-refractivity contribution in [3.63, 3.8) is 0 Å². The lowest BCUT2D eigenvalue weighted by atomic mass is 9.82. The molecule has 3 aliphatic heterocycles. The number of carbonyl (C=O) groups excluding carboxylic acids is 1. The summed E-state index contributed by atoms with van der Waals surface area (Å²) < 4.78 is 7.92. The second-order valence-corrected chi connectivity index (χ2v) is 7.30. The number of hydrogen-bond donors (Lipinski definition) is 0. The molecule has 2 bridgehead atoms. The van der Waals surface area contributed by atoms with E-state index in [1.807, 2.05) is 27.8 Å². The molecule has 110 valence electrons. The van der Waals surface area contributed by atoms with Gasteiger partial charge in [0.1, 0.15) is 5.69 Å². The summed E-state index contributed by atoms with van der Waals surface area (Å²) in [7, 11) is 0. The Bertz CT molecular complexity index is 718. The first-order valence-electron chi connectivity index (χ1n) is 7.59. The van der Waals surface area contributed by atoms with Crippen LogP contribution < -0.4 is 0 Å². The van der Waals surface area contributed by atoms with Crippen LogP contribution in [0.1, 0.15) is 29.0 Å². The number of fused-ring (bicyclic) bond motifs is 6. The summed E-state index contributed by atoms with van der Waals surface area (Å²) in [5.41, 5.74) is 1.57. The van der Waals surface area contributed by atoms with E-state index in [1.54, 1.807) is 11.3 Å². The van der Waals surface area contributed by atoms with Gasteiger partial charge >= 0.3 is 0 Å². The van der Waals surface area contributed by atoms with E-state index in [2.05, 4.69) is 4.98 Å². The van der Waals surface area contributed by atoms with Crippen LogP contribution >= 0.6 is 11.3 Å². The fourth-order valence-electron chi connectivity index (χ4n) is 4.43. The van der Waals surface area contributed by atoms with Crippen molar-refractivity contribution in [2.75, 3.05) is 13.1 Å². The van der Waals surface area contributed by atoms with Crippen LogP contribution in [0.15, 0.2) is 11.6 Å². The van der Waals surface area contributed by atoms with Gasteiger partial charge < -0.3 is 9.64 Å². The van der Waals surface area contributed by atoms with Crippen molar-refractivity contribution in [3.05, 3.63) is 23.0 Å². The van der Waals surface area contributed by atoms with E-state index in [-0.39, 0.29) is 5.91 Å². The van der Waals surface area contributed by atoms with Crippen molar-refractivity contribution in [2.24, 2.45) is 11.8 Å². The molecule has 3 saturated heterocycles. The van der Waals surface area contributed by atoms with Crippen LogP contribution in [0, 0.1) is 18.8 Å². The van der Waals surface area contributed by atoms with Crippen molar-refractivity contribution in [1.82, 2.24) is 14.3 Å². The maximum Gasteiger partial charge on any atom is 0.272 e. The molecule has 0 unspecified atom stereocenters. The standard InChI is InChI=1S/C15H17N3O2S/c1-8-13(18-4-5-21-15(18)16-8)14(19)17-6-9-10(7-17)12-3-2-11(9)20-12/h4-5,9-12H,2-3,6-7H2,1H3/t9-,10+,11+,12-. The molecule has 0 aliphatic carbocycles. The summed E-state index contributed by atoms with van der Waals surface area (Å²) >= 11 is 1.57. The number of nitrogens with zero attached hydrogens (tertiary/aromatic N) is 3. The van der Waals surface area contributed by atoms with Crippen LogP contribution in [-0.2, 0) is 4.74 Å². The first-order chi connectivity index (χ1) is 10.2. The van der Waals surface area contributed by atoms with Gasteiger partial charge in [-0.1, -0.05) is 0 Å². The highest BCUT2D eigenvalue weighted by Gasteiger charge is 2.54. The fourth-order valence-corrected chi connectivity index (χ4v) is 5.19. The highest BCUT2D eigenvalue weighted by atomic mass is 32.1. The summed E-state index contributed by atoms with van der Waals surface area (Å²) in [4.78, 5) is 20.4. The minimum Gasteiger partial charge on any atom is -0.374 e. The lowest BCUT2D eigenvalue weighted by Crippen LogP contribution is -2.32. The third-order valence-corrected chi connectivity index (χ3v) is 6.14. The second-order valence-electron chi connectivity index (χ2n) is 6.43. The summed E-state index contributed by atoms with van der Waals surface area (Å²) in [6, 6.07) is 0. The predicted molar refractivity (Wildman–Crippen MR) is 78.6 cm³/mol. The Morgan fingerprint density at radius 1 is 1.33 bits per heavy atom. The number of rotatable bonds is 1. The molecule has 4 atom stereocenters. The molecule has 5 rings (SSSR count). The summed E-state index contributed by atoms with van der Waals surface area (Å²) in [5.74, 6) is 1.24. The Hall–Kier alpha value is -1.40. The molecule has 0 aromatic carbocycles. The number of thiazole rings is 1. The number of amides is 1. The highest BCUT2D eigenvalue weighted by Crippen LogP contribution is 2.47. The first kappa shape index (κ1) is 12.2. The van der Waals surface area contributed by atoms with Crippen LogP contribution in [0.3, 0.4) is 0 Å². The van der Waals surface area contributed by atoms with Gasteiger partial charge in [0.05, 0.1) is 17.9 Å². The van der Waals surface area contributed by atoms with Crippen molar-refractivity contribution in [2.45, 2.75) is 32.0 Å². The normalized spacial score (nSPS) is 34.0. The van der Waals surface area contributed by atoms with Gasteiger partial charge in [-0.15, -0.1) is 11.3 Å². The molecule has 21 heavy (non-hydrogen) atoms. The molecule has 0 N–H and O–H groups in total. The molecule has 3 aliphatic rings. The van der Waals surface area contributed by atoms with E-state index in [9.17, 15) is 4.79 Å². The Kier molecular flexibility index (Phi) is 2.36. The smallest absolute Gasteiger partial charge is 0.272 e. The molecule has 0 spiro atoms. The van der Waals surface area contributed by atoms with Crippen molar-refractivity contribution < 1.29 is 9.53 Å². The van der Waals surface area contributed by atoms with Gasteiger partial charge in [0.15, 0.2) is 4.96 Å². The quantitative estimate of drug-likeness (QED) is 0.809. The number of imidazole rings is 1. The number of aromatic nitrogens is 2. The molecule has 2 aromatic rings. The van der Waals surface area contributed by atoms with E-state index in [0.29, 0.717) is 24.0 Å². The van der Waals surface area contributed by atoms with Crippen molar-refractivity contribution in [1.29, 1.82) is 0 Å². The molecular formula is C15H17N3O2S. The van der Waals surface area contributed by atoms with E-state index < -0.39 is 0 Å². The van der Waals surface area contributed by atoms with Gasteiger partial charge in [0, 0.05) is 36.5 Å². The van der Waals surface area contributed by atoms with Gasteiger partial charge in [-0.25, -0.2) is 4.98 Å². The zero-order valence-electron chi connectivity index (χ0n) is 11.9. The summed E-state index contributed by atoms with van der Waals surface area (Å²) in [6.45, 7) is 3.62. The minimum absolute atomic E-state index is 0.132. The average Bonchev–Trinajstić information content (AvgIpc) is 3.22. The van der Waals surface area contributed by atoms with Crippen LogP contribution in [-0.4, -0.2) is 45.5 Å². The van der Waals surface area contributed by atoms with E-state index >= 15 is 0 Å². The van der Waals surface area contributed by atoms with Gasteiger partial charge in [0.25, 0.3) is 5.91 Å². The molecule has 0 radical (unpaired) electrons. The monoisotopic (exact) mass is 303 g/mol. The number of aryl methyl sites for hydroxylation is 1. The Balaban J connectivity index is 1.47. The third kappa shape index (κ3) is 1.54. The predicted octanol–water partition coefficient (Wildman–Crippen LogP) is 1.95. The average molecular weight is 303 g/mol.